The van der Waals surface area contributed by atoms with E-state index in [0.29, 0.717) is 12.1 Å². The summed E-state index contributed by atoms with van der Waals surface area (Å²) in [6.45, 7) is 5.61. The van der Waals surface area contributed by atoms with Gasteiger partial charge in [-0.3, -0.25) is 4.90 Å². The molecule has 2 aromatic carbocycles. The zero-order chi connectivity index (χ0) is 16.8. The summed E-state index contributed by atoms with van der Waals surface area (Å²) in [6, 6.07) is 20.0. The average molecular weight is 324 g/mol. The number of para-hydroxylation sites is 1. The third-order valence-corrected chi connectivity index (χ3v) is 4.93. The fourth-order valence-corrected chi connectivity index (χ4v) is 3.57. The minimum absolute atomic E-state index is 0.312. The van der Waals surface area contributed by atoms with Crippen molar-refractivity contribution in [3.63, 3.8) is 0 Å². The standard InChI is InChI=1S/C21H28N2O/c1-17(20-10-6-7-11-21(20)24-2)22-19-12-14-23(15-13-19)16-18-8-4-3-5-9-18/h3-11,17,19,22H,12-16H2,1-2H3/t17-/m1/s1. The Morgan fingerprint density at radius 2 is 1.71 bits per heavy atom. The normalized spacial score (nSPS) is 17.6. The maximum atomic E-state index is 5.49. The fourth-order valence-electron chi connectivity index (χ4n) is 3.57. The van der Waals surface area contributed by atoms with Gasteiger partial charge in [0.05, 0.1) is 7.11 Å². The van der Waals surface area contributed by atoms with Crippen molar-refractivity contribution in [1.82, 2.24) is 10.2 Å². The molecule has 1 atom stereocenters. The summed E-state index contributed by atoms with van der Waals surface area (Å²) >= 11 is 0. The first kappa shape index (κ1) is 17.0. The largest absolute Gasteiger partial charge is 0.496 e. The van der Waals surface area contributed by atoms with E-state index in [1.165, 1.54) is 24.0 Å². The second-order valence-corrected chi connectivity index (χ2v) is 6.67. The van der Waals surface area contributed by atoms with Crippen LogP contribution in [0.4, 0.5) is 0 Å². The zero-order valence-corrected chi connectivity index (χ0v) is 14.7. The van der Waals surface area contributed by atoms with Gasteiger partial charge in [-0.2, -0.15) is 0 Å². The molecule has 1 N–H and O–H groups in total. The van der Waals surface area contributed by atoms with Crippen molar-refractivity contribution < 1.29 is 4.74 Å². The molecule has 0 aliphatic carbocycles. The third kappa shape index (κ3) is 4.37. The van der Waals surface area contributed by atoms with Crippen LogP contribution in [0.5, 0.6) is 5.75 Å². The number of hydrogen-bond donors (Lipinski definition) is 1. The van der Waals surface area contributed by atoms with Gasteiger partial charge in [-0.15, -0.1) is 0 Å². The minimum atomic E-state index is 0.312. The van der Waals surface area contributed by atoms with E-state index in [-0.39, 0.29) is 0 Å². The molecule has 0 radical (unpaired) electrons. The van der Waals surface area contributed by atoms with Crippen molar-refractivity contribution in [2.24, 2.45) is 0 Å². The number of nitrogens with one attached hydrogen (secondary N) is 1. The van der Waals surface area contributed by atoms with Gasteiger partial charge in [0, 0.05) is 24.2 Å². The predicted molar refractivity (Wildman–Crippen MR) is 99.3 cm³/mol. The first-order valence-corrected chi connectivity index (χ1v) is 8.91. The molecular weight excluding hydrogens is 296 g/mol. The predicted octanol–water partition coefficient (Wildman–Crippen LogP) is 4.01. The van der Waals surface area contributed by atoms with Gasteiger partial charge in [0.25, 0.3) is 0 Å². The van der Waals surface area contributed by atoms with E-state index in [2.05, 4.69) is 59.6 Å². The number of piperidine rings is 1. The summed E-state index contributed by atoms with van der Waals surface area (Å²) in [5, 5.41) is 3.79. The van der Waals surface area contributed by atoms with Gasteiger partial charge in [-0.25, -0.2) is 0 Å². The van der Waals surface area contributed by atoms with Crippen LogP contribution in [-0.2, 0) is 6.54 Å². The van der Waals surface area contributed by atoms with Gasteiger partial charge in [-0.1, -0.05) is 48.5 Å². The van der Waals surface area contributed by atoms with Crippen molar-refractivity contribution in [2.75, 3.05) is 20.2 Å². The molecule has 0 aromatic heterocycles. The molecule has 1 aliphatic heterocycles. The number of ether oxygens (including phenoxy) is 1. The third-order valence-electron chi connectivity index (χ3n) is 4.93. The quantitative estimate of drug-likeness (QED) is 0.869. The lowest BCUT2D eigenvalue weighted by Gasteiger charge is -2.34. The number of hydrogen-bond acceptors (Lipinski definition) is 3. The van der Waals surface area contributed by atoms with Gasteiger partial charge in [0.2, 0.25) is 0 Å². The summed E-state index contributed by atoms with van der Waals surface area (Å²) in [4.78, 5) is 2.56. The first-order valence-electron chi connectivity index (χ1n) is 8.91. The second kappa shape index (κ2) is 8.32. The average Bonchev–Trinajstić information content (AvgIpc) is 2.64. The van der Waals surface area contributed by atoms with E-state index in [0.717, 1.165) is 25.4 Å². The zero-order valence-electron chi connectivity index (χ0n) is 14.7. The summed E-state index contributed by atoms with van der Waals surface area (Å²) in [5.41, 5.74) is 2.65. The summed E-state index contributed by atoms with van der Waals surface area (Å²) in [6.07, 6.45) is 2.40. The Morgan fingerprint density at radius 3 is 2.42 bits per heavy atom. The van der Waals surface area contributed by atoms with Crippen LogP contribution >= 0.6 is 0 Å². The highest BCUT2D eigenvalue weighted by Gasteiger charge is 2.21. The van der Waals surface area contributed by atoms with Crippen molar-refractivity contribution in [3.8, 4) is 5.75 Å². The molecule has 0 saturated carbocycles. The molecule has 24 heavy (non-hydrogen) atoms. The first-order chi connectivity index (χ1) is 11.8. The molecule has 3 nitrogen and oxygen atoms in total. The van der Waals surface area contributed by atoms with E-state index in [1.807, 2.05) is 12.1 Å². The van der Waals surface area contributed by atoms with E-state index < -0.39 is 0 Å². The van der Waals surface area contributed by atoms with E-state index >= 15 is 0 Å². The van der Waals surface area contributed by atoms with Crippen LogP contribution in [0.25, 0.3) is 0 Å². The molecule has 128 valence electrons. The lowest BCUT2D eigenvalue weighted by atomic mass is 10.0. The Hall–Kier alpha value is -1.84. The summed E-state index contributed by atoms with van der Waals surface area (Å²) in [5.74, 6) is 0.971. The Kier molecular flexibility index (Phi) is 5.89. The maximum absolute atomic E-state index is 5.49. The van der Waals surface area contributed by atoms with Crippen LogP contribution in [0.2, 0.25) is 0 Å². The van der Waals surface area contributed by atoms with Crippen LogP contribution < -0.4 is 10.1 Å². The van der Waals surface area contributed by atoms with Gasteiger partial charge in [-0.05, 0) is 44.5 Å². The molecule has 0 amide bonds. The molecule has 2 aromatic rings. The Bertz CT molecular complexity index is 621. The van der Waals surface area contributed by atoms with Gasteiger partial charge < -0.3 is 10.1 Å². The van der Waals surface area contributed by atoms with E-state index in [1.54, 1.807) is 7.11 Å². The van der Waals surface area contributed by atoms with Crippen molar-refractivity contribution in [1.29, 1.82) is 0 Å². The number of likely N-dealkylation sites (tertiary alicyclic amines) is 1. The molecule has 0 unspecified atom stereocenters. The topological polar surface area (TPSA) is 24.5 Å². The highest BCUT2D eigenvalue weighted by molar-refractivity contribution is 5.35. The molecule has 3 rings (SSSR count). The van der Waals surface area contributed by atoms with Crippen molar-refractivity contribution in [3.05, 3.63) is 65.7 Å². The minimum Gasteiger partial charge on any atom is -0.496 e. The van der Waals surface area contributed by atoms with Gasteiger partial charge in [0.1, 0.15) is 5.75 Å². The number of rotatable bonds is 6. The lowest BCUT2D eigenvalue weighted by Crippen LogP contribution is -2.42. The van der Waals surface area contributed by atoms with Crippen molar-refractivity contribution >= 4 is 0 Å². The summed E-state index contributed by atoms with van der Waals surface area (Å²) < 4.78 is 5.49. The van der Waals surface area contributed by atoms with Crippen LogP contribution in [0.15, 0.2) is 54.6 Å². The smallest absolute Gasteiger partial charge is 0.123 e. The number of benzene rings is 2. The van der Waals surface area contributed by atoms with Crippen molar-refractivity contribution in [2.45, 2.75) is 38.4 Å². The van der Waals surface area contributed by atoms with Gasteiger partial charge >= 0.3 is 0 Å². The van der Waals surface area contributed by atoms with Crippen LogP contribution in [-0.4, -0.2) is 31.1 Å². The monoisotopic (exact) mass is 324 g/mol. The number of methoxy groups -OCH3 is 1. The molecule has 1 fully saturated rings. The van der Waals surface area contributed by atoms with E-state index in [9.17, 15) is 0 Å². The molecule has 1 saturated heterocycles. The molecule has 1 heterocycles. The van der Waals surface area contributed by atoms with Crippen LogP contribution in [0.3, 0.4) is 0 Å². The Morgan fingerprint density at radius 1 is 1.04 bits per heavy atom. The fraction of sp³-hybridized carbons (Fsp3) is 0.429. The SMILES string of the molecule is COc1ccccc1[C@@H](C)NC1CCN(Cc2ccccc2)CC1. The van der Waals surface area contributed by atoms with Gasteiger partial charge in [0.15, 0.2) is 0 Å². The van der Waals surface area contributed by atoms with Crippen LogP contribution in [0.1, 0.15) is 36.9 Å². The molecule has 0 spiro atoms. The highest BCUT2D eigenvalue weighted by atomic mass is 16.5. The highest BCUT2D eigenvalue weighted by Crippen LogP contribution is 2.26. The number of nitrogens with zero attached hydrogens (tertiary/aromatic N) is 1. The summed E-state index contributed by atoms with van der Waals surface area (Å²) in [7, 11) is 1.74. The van der Waals surface area contributed by atoms with E-state index in [4.69, 9.17) is 4.74 Å². The molecular formula is C21H28N2O. The molecule has 0 bridgehead atoms. The van der Waals surface area contributed by atoms with Crippen LogP contribution in [0, 0.1) is 0 Å². The Labute approximate surface area is 145 Å². The second-order valence-electron chi connectivity index (χ2n) is 6.67. The Balaban J connectivity index is 1.50. The molecule has 3 heteroatoms. The molecule has 1 aliphatic rings. The lowest BCUT2D eigenvalue weighted by molar-refractivity contribution is 0.185. The maximum Gasteiger partial charge on any atom is 0.123 e.